The Balaban J connectivity index is 1.79. The first-order valence-corrected chi connectivity index (χ1v) is 7.83. The smallest absolute Gasteiger partial charge is 0.114 e. The van der Waals surface area contributed by atoms with Gasteiger partial charge in [0, 0.05) is 0 Å². The fraction of sp³-hybridized carbons (Fsp3) is 0.474. The SMILES string of the molecule is CCC(C1C=CC(OC)=CC1)C1CCc2ccccc21. The van der Waals surface area contributed by atoms with Gasteiger partial charge in [-0.3, -0.25) is 0 Å². The summed E-state index contributed by atoms with van der Waals surface area (Å²) in [5.41, 5.74) is 3.18. The summed E-state index contributed by atoms with van der Waals surface area (Å²) in [6.45, 7) is 2.34. The second kappa shape index (κ2) is 5.87. The van der Waals surface area contributed by atoms with Crippen molar-refractivity contribution in [2.24, 2.45) is 11.8 Å². The molecule has 20 heavy (non-hydrogen) atoms. The normalized spacial score (nSPS) is 26.0. The van der Waals surface area contributed by atoms with Gasteiger partial charge < -0.3 is 4.74 Å². The molecular formula is C19H24O. The number of fused-ring (bicyclic) bond motifs is 1. The van der Waals surface area contributed by atoms with Crippen LogP contribution < -0.4 is 0 Å². The van der Waals surface area contributed by atoms with E-state index in [9.17, 15) is 0 Å². The first kappa shape index (κ1) is 13.5. The van der Waals surface area contributed by atoms with Crippen LogP contribution in [-0.4, -0.2) is 7.11 Å². The first-order valence-electron chi connectivity index (χ1n) is 7.83. The monoisotopic (exact) mass is 268 g/mol. The Bertz CT molecular complexity index is 526. The van der Waals surface area contributed by atoms with Crippen LogP contribution in [0.2, 0.25) is 0 Å². The predicted molar refractivity (Wildman–Crippen MR) is 83.6 cm³/mol. The van der Waals surface area contributed by atoms with Gasteiger partial charge in [0.2, 0.25) is 0 Å². The van der Waals surface area contributed by atoms with E-state index in [2.05, 4.69) is 49.4 Å². The van der Waals surface area contributed by atoms with Crippen LogP contribution in [0.4, 0.5) is 0 Å². The number of hydrogen-bond acceptors (Lipinski definition) is 1. The molecule has 0 aromatic heterocycles. The topological polar surface area (TPSA) is 9.23 Å². The highest BCUT2D eigenvalue weighted by molar-refractivity contribution is 5.36. The predicted octanol–water partition coefficient (Wildman–Crippen LogP) is 4.85. The van der Waals surface area contributed by atoms with Crippen molar-refractivity contribution in [2.45, 2.75) is 38.5 Å². The molecule has 0 saturated heterocycles. The van der Waals surface area contributed by atoms with Crippen molar-refractivity contribution < 1.29 is 4.74 Å². The highest BCUT2D eigenvalue weighted by atomic mass is 16.5. The Hall–Kier alpha value is -1.50. The maximum absolute atomic E-state index is 5.31. The Morgan fingerprint density at radius 2 is 2.15 bits per heavy atom. The van der Waals surface area contributed by atoms with E-state index in [0.717, 1.165) is 24.0 Å². The van der Waals surface area contributed by atoms with E-state index >= 15 is 0 Å². The van der Waals surface area contributed by atoms with E-state index in [1.807, 2.05) is 0 Å². The van der Waals surface area contributed by atoms with Gasteiger partial charge in [-0.05, 0) is 60.3 Å². The molecule has 2 aliphatic rings. The maximum Gasteiger partial charge on any atom is 0.114 e. The molecule has 0 spiro atoms. The molecule has 1 aromatic carbocycles. The summed E-state index contributed by atoms with van der Waals surface area (Å²) in [5.74, 6) is 3.17. The van der Waals surface area contributed by atoms with Crippen LogP contribution in [0.15, 0.2) is 48.3 Å². The van der Waals surface area contributed by atoms with E-state index in [-0.39, 0.29) is 0 Å². The second-order valence-electron chi connectivity index (χ2n) is 5.99. The quantitative estimate of drug-likeness (QED) is 0.758. The molecule has 1 aromatic rings. The summed E-state index contributed by atoms with van der Waals surface area (Å²) in [6, 6.07) is 9.03. The van der Waals surface area contributed by atoms with Crippen molar-refractivity contribution >= 4 is 0 Å². The average Bonchev–Trinajstić information content (AvgIpc) is 2.93. The van der Waals surface area contributed by atoms with E-state index in [4.69, 9.17) is 4.74 Å². The zero-order valence-corrected chi connectivity index (χ0v) is 12.5. The molecule has 0 N–H and O–H groups in total. The van der Waals surface area contributed by atoms with Crippen LogP contribution in [0.5, 0.6) is 0 Å². The molecule has 3 unspecified atom stereocenters. The lowest BCUT2D eigenvalue weighted by molar-refractivity contribution is 0.282. The third-order valence-corrected chi connectivity index (χ3v) is 5.05. The number of hydrogen-bond donors (Lipinski definition) is 0. The van der Waals surface area contributed by atoms with Gasteiger partial charge in [0.1, 0.15) is 5.76 Å². The van der Waals surface area contributed by atoms with Gasteiger partial charge >= 0.3 is 0 Å². The minimum absolute atomic E-state index is 0.662. The van der Waals surface area contributed by atoms with E-state index in [0.29, 0.717) is 5.92 Å². The van der Waals surface area contributed by atoms with Crippen LogP contribution in [-0.2, 0) is 11.2 Å². The molecule has 0 aliphatic heterocycles. The fourth-order valence-electron chi connectivity index (χ4n) is 4.01. The number of methoxy groups -OCH3 is 1. The molecule has 2 aliphatic carbocycles. The lowest BCUT2D eigenvalue weighted by Gasteiger charge is -2.30. The lowest BCUT2D eigenvalue weighted by atomic mass is 9.74. The van der Waals surface area contributed by atoms with Gasteiger partial charge in [0.05, 0.1) is 7.11 Å². The minimum atomic E-state index is 0.662. The van der Waals surface area contributed by atoms with Crippen LogP contribution in [0, 0.1) is 11.8 Å². The molecule has 0 radical (unpaired) electrons. The second-order valence-corrected chi connectivity index (χ2v) is 5.99. The van der Waals surface area contributed by atoms with Crippen LogP contribution >= 0.6 is 0 Å². The van der Waals surface area contributed by atoms with Crippen LogP contribution in [0.25, 0.3) is 0 Å². The molecule has 0 fully saturated rings. The summed E-state index contributed by atoms with van der Waals surface area (Å²) in [5, 5.41) is 0. The Morgan fingerprint density at radius 3 is 2.85 bits per heavy atom. The van der Waals surface area contributed by atoms with Gasteiger partial charge in [-0.15, -0.1) is 0 Å². The average molecular weight is 268 g/mol. The third-order valence-electron chi connectivity index (χ3n) is 5.05. The number of allylic oxidation sites excluding steroid dienone is 3. The minimum Gasteiger partial charge on any atom is -0.497 e. The summed E-state index contributed by atoms with van der Waals surface area (Å²) in [4.78, 5) is 0. The van der Waals surface area contributed by atoms with Crippen molar-refractivity contribution in [3.63, 3.8) is 0 Å². The summed E-state index contributed by atoms with van der Waals surface area (Å²) >= 11 is 0. The molecule has 0 saturated carbocycles. The Kier molecular flexibility index (Phi) is 3.95. The van der Waals surface area contributed by atoms with Crippen molar-refractivity contribution in [2.75, 3.05) is 7.11 Å². The largest absolute Gasteiger partial charge is 0.497 e. The molecular weight excluding hydrogens is 244 g/mol. The van der Waals surface area contributed by atoms with Crippen LogP contribution in [0.1, 0.15) is 43.2 Å². The number of benzene rings is 1. The van der Waals surface area contributed by atoms with E-state index in [1.165, 1.54) is 19.3 Å². The Morgan fingerprint density at radius 1 is 1.30 bits per heavy atom. The molecule has 0 amide bonds. The van der Waals surface area contributed by atoms with Crippen molar-refractivity contribution in [3.05, 3.63) is 59.4 Å². The van der Waals surface area contributed by atoms with E-state index < -0.39 is 0 Å². The standard InChI is InChI=1S/C19H24O/c1-3-17(15-8-11-16(20-2)12-9-15)19-13-10-14-6-4-5-7-18(14)19/h4-8,11-12,15,17,19H,3,9-10,13H2,1-2H3. The molecule has 0 bridgehead atoms. The van der Waals surface area contributed by atoms with Gasteiger partial charge in [-0.1, -0.05) is 43.7 Å². The molecule has 0 heterocycles. The highest BCUT2D eigenvalue weighted by Gasteiger charge is 2.32. The number of ether oxygens (including phenoxy) is 1. The zero-order valence-electron chi connectivity index (χ0n) is 12.5. The molecule has 106 valence electrons. The molecule has 1 heteroatoms. The Labute approximate surface area is 122 Å². The van der Waals surface area contributed by atoms with Crippen molar-refractivity contribution in [3.8, 4) is 0 Å². The lowest BCUT2D eigenvalue weighted by Crippen LogP contribution is -2.20. The third kappa shape index (κ3) is 2.42. The molecule has 3 rings (SSSR count). The first-order chi connectivity index (χ1) is 9.83. The van der Waals surface area contributed by atoms with Gasteiger partial charge in [-0.2, -0.15) is 0 Å². The molecule has 1 nitrogen and oxygen atoms in total. The van der Waals surface area contributed by atoms with Gasteiger partial charge in [-0.25, -0.2) is 0 Å². The number of rotatable bonds is 4. The van der Waals surface area contributed by atoms with Crippen molar-refractivity contribution in [1.29, 1.82) is 0 Å². The highest BCUT2D eigenvalue weighted by Crippen LogP contribution is 2.44. The maximum atomic E-state index is 5.31. The van der Waals surface area contributed by atoms with E-state index in [1.54, 1.807) is 18.2 Å². The summed E-state index contributed by atoms with van der Waals surface area (Å²) in [6.07, 6.45) is 11.7. The van der Waals surface area contributed by atoms with Crippen molar-refractivity contribution in [1.82, 2.24) is 0 Å². The number of aryl methyl sites for hydroxylation is 1. The molecule has 3 atom stereocenters. The summed E-state index contributed by atoms with van der Waals surface area (Å²) in [7, 11) is 1.75. The van der Waals surface area contributed by atoms with Gasteiger partial charge in [0.25, 0.3) is 0 Å². The zero-order chi connectivity index (χ0) is 13.9. The van der Waals surface area contributed by atoms with Gasteiger partial charge in [0.15, 0.2) is 0 Å². The fourth-order valence-corrected chi connectivity index (χ4v) is 4.01. The van der Waals surface area contributed by atoms with Crippen LogP contribution in [0.3, 0.4) is 0 Å². The summed E-state index contributed by atoms with van der Waals surface area (Å²) < 4.78 is 5.31.